The molecule has 0 bridgehead atoms. The minimum atomic E-state index is -0.943. The summed E-state index contributed by atoms with van der Waals surface area (Å²) in [5.41, 5.74) is -0.943. The van der Waals surface area contributed by atoms with E-state index in [2.05, 4.69) is 16.6 Å². The molecule has 2 fully saturated rings. The summed E-state index contributed by atoms with van der Waals surface area (Å²) in [5, 5.41) is 4.73. The van der Waals surface area contributed by atoms with Gasteiger partial charge in [-0.1, -0.05) is 5.92 Å². The summed E-state index contributed by atoms with van der Waals surface area (Å²) in [5.74, 6) is 1.71. The Labute approximate surface area is 92.4 Å². The molecule has 6 heteroatoms. The number of amides is 4. The van der Waals surface area contributed by atoms with Gasteiger partial charge in [-0.25, -0.2) is 4.79 Å². The summed E-state index contributed by atoms with van der Waals surface area (Å²) in [4.78, 5) is 35.6. The lowest BCUT2D eigenvalue weighted by Gasteiger charge is -2.20. The van der Waals surface area contributed by atoms with E-state index < -0.39 is 11.6 Å². The maximum Gasteiger partial charge on any atom is 0.322 e. The first kappa shape index (κ1) is 10.5. The molecule has 84 valence electrons. The number of rotatable bonds is 1. The van der Waals surface area contributed by atoms with E-state index in [-0.39, 0.29) is 24.8 Å². The molecule has 2 aliphatic heterocycles. The van der Waals surface area contributed by atoms with Crippen LogP contribution in [-0.2, 0) is 9.59 Å². The van der Waals surface area contributed by atoms with Crippen LogP contribution in [0.2, 0.25) is 0 Å². The predicted molar refractivity (Wildman–Crippen MR) is 54.1 cm³/mol. The van der Waals surface area contributed by atoms with Crippen molar-refractivity contribution in [3.63, 3.8) is 0 Å². The Morgan fingerprint density at radius 2 is 2.31 bits per heavy atom. The summed E-state index contributed by atoms with van der Waals surface area (Å²) in [6.45, 7) is 0.638. The molecule has 1 unspecified atom stereocenters. The fourth-order valence-corrected chi connectivity index (χ4v) is 2.04. The van der Waals surface area contributed by atoms with Gasteiger partial charge in [0.1, 0.15) is 5.54 Å². The van der Waals surface area contributed by atoms with Gasteiger partial charge in [-0.15, -0.1) is 6.42 Å². The van der Waals surface area contributed by atoms with E-state index in [4.69, 9.17) is 6.42 Å². The maximum atomic E-state index is 11.6. The standard InChI is InChI=1S/C10H11N3O3/c1-2-3-7(14)13-5-4-10(6-13)8(15)11-9(16)12-10/h1H,3-6H2,(H2,11,12,15,16). The normalized spacial score (nSPS) is 27.8. The Balaban J connectivity index is 2.08. The van der Waals surface area contributed by atoms with Crippen molar-refractivity contribution < 1.29 is 14.4 Å². The Hall–Kier alpha value is -2.03. The summed E-state index contributed by atoms with van der Waals surface area (Å²) in [6.07, 6.45) is 5.50. The maximum absolute atomic E-state index is 11.6. The number of carbonyl (C=O) groups excluding carboxylic acids is 3. The quantitative estimate of drug-likeness (QED) is 0.432. The molecule has 0 aliphatic carbocycles. The zero-order chi connectivity index (χ0) is 11.8. The average molecular weight is 221 g/mol. The minimum Gasteiger partial charge on any atom is -0.339 e. The van der Waals surface area contributed by atoms with E-state index in [1.165, 1.54) is 4.90 Å². The van der Waals surface area contributed by atoms with E-state index in [1.807, 2.05) is 0 Å². The topological polar surface area (TPSA) is 78.5 Å². The van der Waals surface area contributed by atoms with Crippen molar-refractivity contribution in [1.82, 2.24) is 15.5 Å². The average Bonchev–Trinajstić information content (AvgIpc) is 2.74. The molecule has 1 spiro atoms. The van der Waals surface area contributed by atoms with Gasteiger partial charge in [-0.05, 0) is 6.42 Å². The van der Waals surface area contributed by atoms with Crippen LogP contribution in [0.1, 0.15) is 12.8 Å². The first-order valence-corrected chi connectivity index (χ1v) is 4.92. The molecule has 2 saturated heterocycles. The van der Waals surface area contributed by atoms with Crippen molar-refractivity contribution >= 4 is 17.8 Å². The molecule has 2 aliphatic rings. The second-order valence-electron chi connectivity index (χ2n) is 3.94. The number of hydrogen-bond donors (Lipinski definition) is 2. The smallest absolute Gasteiger partial charge is 0.322 e. The Bertz CT molecular complexity index is 412. The molecule has 0 saturated carbocycles. The Morgan fingerprint density at radius 3 is 2.88 bits per heavy atom. The van der Waals surface area contributed by atoms with Gasteiger partial charge in [-0.3, -0.25) is 14.9 Å². The summed E-state index contributed by atoms with van der Waals surface area (Å²) in [7, 11) is 0. The van der Waals surface area contributed by atoms with Crippen molar-refractivity contribution in [2.75, 3.05) is 13.1 Å². The van der Waals surface area contributed by atoms with Crippen LogP contribution < -0.4 is 10.6 Å². The highest BCUT2D eigenvalue weighted by Crippen LogP contribution is 2.24. The van der Waals surface area contributed by atoms with E-state index >= 15 is 0 Å². The number of likely N-dealkylation sites (tertiary alicyclic amines) is 1. The minimum absolute atomic E-state index is 0.0195. The van der Waals surface area contributed by atoms with Gasteiger partial charge >= 0.3 is 6.03 Å². The molecule has 1 atom stereocenters. The molecular weight excluding hydrogens is 210 g/mol. The molecule has 2 rings (SSSR count). The van der Waals surface area contributed by atoms with Gasteiger partial charge in [-0.2, -0.15) is 0 Å². The fourth-order valence-electron chi connectivity index (χ4n) is 2.04. The number of nitrogens with zero attached hydrogens (tertiary/aromatic N) is 1. The highest BCUT2D eigenvalue weighted by molar-refractivity contribution is 6.07. The van der Waals surface area contributed by atoms with Gasteiger partial charge in [0.2, 0.25) is 5.91 Å². The molecule has 0 radical (unpaired) electrons. The van der Waals surface area contributed by atoms with Gasteiger partial charge in [0.05, 0.1) is 13.0 Å². The van der Waals surface area contributed by atoms with Gasteiger partial charge in [0, 0.05) is 6.54 Å². The third kappa shape index (κ3) is 1.50. The summed E-state index contributed by atoms with van der Waals surface area (Å²) < 4.78 is 0. The number of carbonyl (C=O) groups is 3. The SMILES string of the molecule is C#CCC(=O)N1CCC2(C1)NC(=O)NC2=O. The molecule has 16 heavy (non-hydrogen) atoms. The molecule has 2 N–H and O–H groups in total. The van der Waals surface area contributed by atoms with Crippen molar-refractivity contribution in [3.05, 3.63) is 0 Å². The lowest BCUT2D eigenvalue weighted by molar-refractivity contribution is -0.129. The van der Waals surface area contributed by atoms with Crippen LogP contribution in [0.25, 0.3) is 0 Å². The lowest BCUT2D eigenvalue weighted by Crippen LogP contribution is -2.49. The lowest BCUT2D eigenvalue weighted by atomic mass is 10.00. The van der Waals surface area contributed by atoms with Crippen LogP contribution in [0.5, 0.6) is 0 Å². The molecule has 6 nitrogen and oxygen atoms in total. The monoisotopic (exact) mass is 221 g/mol. The first-order chi connectivity index (χ1) is 7.57. The zero-order valence-corrected chi connectivity index (χ0v) is 8.58. The molecule has 0 aromatic carbocycles. The molecule has 2 heterocycles. The van der Waals surface area contributed by atoms with Crippen LogP contribution in [0, 0.1) is 12.3 Å². The van der Waals surface area contributed by atoms with Crippen LogP contribution >= 0.6 is 0 Å². The molecular formula is C10H11N3O3. The molecule has 0 aromatic heterocycles. The highest BCUT2D eigenvalue weighted by Gasteiger charge is 2.51. The van der Waals surface area contributed by atoms with E-state index in [0.29, 0.717) is 13.0 Å². The van der Waals surface area contributed by atoms with Crippen LogP contribution in [0.3, 0.4) is 0 Å². The third-order valence-electron chi connectivity index (χ3n) is 2.89. The summed E-state index contributed by atoms with van der Waals surface area (Å²) in [6, 6.07) is -0.503. The van der Waals surface area contributed by atoms with Crippen LogP contribution in [0.15, 0.2) is 0 Å². The number of urea groups is 1. The van der Waals surface area contributed by atoms with Crippen LogP contribution in [0.4, 0.5) is 4.79 Å². The van der Waals surface area contributed by atoms with Gasteiger partial charge in [0.25, 0.3) is 5.91 Å². The zero-order valence-electron chi connectivity index (χ0n) is 8.58. The number of hydrogen-bond acceptors (Lipinski definition) is 3. The number of imide groups is 1. The highest BCUT2D eigenvalue weighted by atomic mass is 16.2. The van der Waals surface area contributed by atoms with Crippen molar-refractivity contribution in [3.8, 4) is 12.3 Å². The first-order valence-electron chi connectivity index (χ1n) is 4.92. The van der Waals surface area contributed by atoms with E-state index in [1.54, 1.807) is 0 Å². The second kappa shape index (κ2) is 3.52. The van der Waals surface area contributed by atoms with Crippen molar-refractivity contribution in [1.29, 1.82) is 0 Å². The number of nitrogens with one attached hydrogen (secondary N) is 2. The van der Waals surface area contributed by atoms with E-state index in [9.17, 15) is 14.4 Å². The fraction of sp³-hybridized carbons (Fsp3) is 0.500. The van der Waals surface area contributed by atoms with Gasteiger partial charge in [0.15, 0.2) is 0 Å². The number of terminal acetylenes is 1. The molecule has 0 aromatic rings. The third-order valence-corrected chi connectivity index (χ3v) is 2.89. The van der Waals surface area contributed by atoms with Gasteiger partial charge < -0.3 is 10.2 Å². The van der Waals surface area contributed by atoms with Crippen LogP contribution in [-0.4, -0.2) is 41.4 Å². The Kier molecular flexibility index (Phi) is 2.31. The summed E-state index contributed by atoms with van der Waals surface area (Å²) >= 11 is 0. The second-order valence-corrected chi connectivity index (χ2v) is 3.94. The largest absolute Gasteiger partial charge is 0.339 e. The molecule has 4 amide bonds. The van der Waals surface area contributed by atoms with E-state index in [0.717, 1.165) is 0 Å². The van der Waals surface area contributed by atoms with Crippen molar-refractivity contribution in [2.24, 2.45) is 0 Å². The predicted octanol–water partition coefficient (Wildman–Crippen LogP) is -1.18. The Morgan fingerprint density at radius 1 is 1.56 bits per heavy atom. The van der Waals surface area contributed by atoms with Crippen molar-refractivity contribution in [2.45, 2.75) is 18.4 Å².